The molecule has 1 nitrogen and oxygen atoms in total. The van der Waals surface area contributed by atoms with Crippen molar-refractivity contribution in [2.75, 3.05) is 0 Å². The van der Waals surface area contributed by atoms with E-state index >= 15 is 0 Å². The molecule has 0 aliphatic heterocycles. The zero-order valence-corrected chi connectivity index (χ0v) is 19.7. The van der Waals surface area contributed by atoms with E-state index in [1.54, 1.807) is 0 Å². The van der Waals surface area contributed by atoms with Crippen molar-refractivity contribution >= 4 is 30.7 Å². The van der Waals surface area contributed by atoms with Gasteiger partial charge >= 0.3 is 7.25 Å². The molecule has 0 aliphatic carbocycles. The van der Waals surface area contributed by atoms with Gasteiger partial charge in [0.2, 0.25) is 7.49 Å². The minimum Gasteiger partial charge on any atom is -0.418 e. The van der Waals surface area contributed by atoms with Crippen molar-refractivity contribution in [2.45, 2.75) is 19.4 Å². The van der Waals surface area contributed by atoms with Crippen molar-refractivity contribution in [1.29, 1.82) is 0 Å². The smallest absolute Gasteiger partial charge is 0.418 e. The topological polar surface area (TPSA) is 9.23 Å². The van der Waals surface area contributed by atoms with Crippen molar-refractivity contribution in [3.8, 4) is 0 Å². The van der Waals surface area contributed by atoms with E-state index in [1.807, 2.05) is 0 Å². The second kappa shape index (κ2) is 12.0. The molecule has 4 aromatic rings. The van der Waals surface area contributed by atoms with Crippen LogP contribution in [0.4, 0.5) is 17.3 Å². The molecule has 0 aliphatic rings. The second-order valence-corrected chi connectivity index (χ2v) is 10.7. The van der Waals surface area contributed by atoms with Gasteiger partial charge in [0, 0.05) is 6.42 Å². The largest absolute Gasteiger partial charge is 0.673 e. The predicted molar refractivity (Wildman–Crippen MR) is 136 cm³/mol. The van der Waals surface area contributed by atoms with E-state index in [0.717, 1.165) is 6.42 Å². The van der Waals surface area contributed by atoms with Crippen molar-refractivity contribution in [2.24, 2.45) is 0 Å². The molecule has 0 heterocycles. The van der Waals surface area contributed by atoms with Crippen LogP contribution in [0.5, 0.6) is 0 Å². The van der Waals surface area contributed by atoms with E-state index in [4.69, 9.17) is 4.52 Å². The first kappa shape index (κ1) is 25.7. The highest BCUT2D eigenvalue weighted by molar-refractivity contribution is 7.91. The molecule has 1 atom stereocenters. The van der Waals surface area contributed by atoms with E-state index < -0.39 is 14.7 Å². The molecule has 34 heavy (non-hydrogen) atoms. The molecule has 0 bridgehead atoms. The summed E-state index contributed by atoms with van der Waals surface area (Å²) in [6.45, 7) is 2.19. The van der Waals surface area contributed by atoms with Gasteiger partial charge in [-0.2, -0.15) is 0 Å². The van der Waals surface area contributed by atoms with Gasteiger partial charge in [0.25, 0.3) is 0 Å². The fraction of sp³-hybridized carbons (Fsp3) is 0.111. The van der Waals surface area contributed by atoms with E-state index in [-0.39, 0.29) is 6.10 Å². The van der Waals surface area contributed by atoms with E-state index in [1.165, 1.54) is 21.5 Å². The molecule has 4 rings (SSSR count). The first-order valence-corrected chi connectivity index (χ1v) is 12.7. The number of rotatable bonds is 7. The molecular formula is C27H26BF4OP. The lowest BCUT2D eigenvalue weighted by Crippen LogP contribution is -2.35. The Bertz CT molecular complexity index is 1010. The Morgan fingerprint density at radius 2 is 0.882 bits per heavy atom. The van der Waals surface area contributed by atoms with Crippen molar-refractivity contribution in [3.63, 3.8) is 0 Å². The van der Waals surface area contributed by atoms with Crippen molar-refractivity contribution in [3.05, 3.63) is 127 Å². The van der Waals surface area contributed by atoms with E-state index in [2.05, 4.69) is 128 Å². The first-order valence-electron chi connectivity index (χ1n) is 10.9. The Hall–Kier alpha value is -2.95. The van der Waals surface area contributed by atoms with Gasteiger partial charge in [0.1, 0.15) is 22.0 Å². The highest BCUT2D eigenvalue weighted by atomic mass is 31.2. The van der Waals surface area contributed by atoms with E-state index in [9.17, 15) is 17.3 Å². The van der Waals surface area contributed by atoms with Crippen LogP contribution in [0.3, 0.4) is 0 Å². The summed E-state index contributed by atoms with van der Waals surface area (Å²) in [6.07, 6.45) is 0.959. The minimum atomic E-state index is -6.00. The molecule has 1 unspecified atom stereocenters. The molecule has 0 amide bonds. The summed E-state index contributed by atoms with van der Waals surface area (Å²) < 4.78 is 46.1. The van der Waals surface area contributed by atoms with Crippen LogP contribution in [0, 0.1) is 0 Å². The summed E-state index contributed by atoms with van der Waals surface area (Å²) in [6, 6.07) is 42.7. The van der Waals surface area contributed by atoms with Crippen LogP contribution in [0.1, 0.15) is 12.5 Å². The summed E-state index contributed by atoms with van der Waals surface area (Å²) in [7, 11) is -8.25. The standard InChI is InChI=1S/C27H26OP.BF4/c1-23(22-24-14-6-2-7-15-24)28-29(25-16-8-3-9-17-25,26-18-10-4-11-19-26)27-20-12-5-13-21-27;2-1(3,4)5/h2-21,23H,22H2,1H3;/q+1;-1. The van der Waals surface area contributed by atoms with E-state index in [0.29, 0.717) is 0 Å². The van der Waals surface area contributed by atoms with Crippen LogP contribution in [-0.4, -0.2) is 13.4 Å². The molecule has 0 aromatic heterocycles. The van der Waals surface area contributed by atoms with Crippen LogP contribution in [-0.2, 0) is 10.9 Å². The quantitative estimate of drug-likeness (QED) is 0.159. The highest BCUT2D eigenvalue weighted by Crippen LogP contribution is 2.57. The molecule has 176 valence electrons. The molecule has 0 radical (unpaired) electrons. The Labute approximate surface area is 199 Å². The SMILES string of the molecule is CC(Cc1ccccc1)O[P+](c1ccccc1)(c1ccccc1)c1ccccc1.F[B-](F)(F)F. The Kier molecular flexibility index (Phi) is 9.03. The molecule has 7 heteroatoms. The lowest BCUT2D eigenvalue weighted by molar-refractivity contribution is 0.249. The monoisotopic (exact) mass is 484 g/mol. The summed E-state index contributed by atoms with van der Waals surface area (Å²) in [5, 5.41) is 3.74. The van der Waals surface area contributed by atoms with Crippen LogP contribution in [0.25, 0.3) is 0 Å². The average molecular weight is 484 g/mol. The normalized spacial score (nSPS) is 12.4. The van der Waals surface area contributed by atoms with Gasteiger partial charge in [-0.3, -0.25) is 0 Å². The molecular weight excluding hydrogens is 458 g/mol. The fourth-order valence-corrected chi connectivity index (χ4v) is 7.45. The first-order chi connectivity index (χ1) is 16.3. The number of benzene rings is 4. The molecule has 4 aromatic carbocycles. The van der Waals surface area contributed by atoms with Crippen molar-refractivity contribution < 1.29 is 21.8 Å². The number of hydrogen-bond acceptors (Lipinski definition) is 1. The average Bonchev–Trinajstić information content (AvgIpc) is 2.84. The number of halogens is 4. The summed E-state index contributed by atoms with van der Waals surface area (Å²) in [5.74, 6) is 0. The fourth-order valence-electron chi connectivity index (χ4n) is 3.80. The van der Waals surface area contributed by atoms with Gasteiger partial charge in [-0.15, -0.1) is 0 Å². The molecule has 0 saturated carbocycles. The zero-order valence-electron chi connectivity index (χ0n) is 18.8. The molecule has 0 N–H and O–H groups in total. The maximum absolute atomic E-state index is 9.75. The van der Waals surface area contributed by atoms with Crippen LogP contribution in [0.2, 0.25) is 0 Å². The second-order valence-electron chi connectivity index (χ2n) is 7.72. The minimum absolute atomic E-state index is 0.0753. The van der Waals surface area contributed by atoms with Crippen LogP contribution in [0.15, 0.2) is 121 Å². The van der Waals surface area contributed by atoms with Crippen LogP contribution >= 0.6 is 7.49 Å². The summed E-state index contributed by atoms with van der Waals surface area (Å²) in [5.41, 5.74) is 1.30. The maximum atomic E-state index is 9.75. The maximum Gasteiger partial charge on any atom is 0.673 e. The Morgan fingerprint density at radius 1 is 0.588 bits per heavy atom. The van der Waals surface area contributed by atoms with Gasteiger partial charge < -0.3 is 17.3 Å². The van der Waals surface area contributed by atoms with Crippen molar-refractivity contribution in [1.82, 2.24) is 0 Å². The summed E-state index contributed by atoms with van der Waals surface area (Å²) in [4.78, 5) is 0. The number of hydrogen-bond donors (Lipinski definition) is 0. The van der Waals surface area contributed by atoms with Gasteiger partial charge in [-0.05, 0) is 48.9 Å². The zero-order chi connectivity index (χ0) is 24.4. The molecule has 0 fully saturated rings. The summed E-state index contributed by atoms with van der Waals surface area (Å²) >= 11 is 0. The van der Waals surface area contributed by atoms with Gasteiger partial charge in [0.15, 0.2) is 0 Å². The lowest BCUT2D eigenvalue weighted by atomic mass is 10.1. The van der Waals surface area contributed by atoms with Gasteiger partial charge in [0.05, 0.1) is 0 Å². The molecule has 0 spiro atoms. The third-order valence-corrected chi connectivity index (χ3v) is 8.82. The van der Waals surface area contributed by atoms with Gasteiger partial charge in [-0.1, -0.05) is 84.9 Å². The molecule has 0 saturated heterocycles. The Morgan fingerprint density at radius 3 is 1.21 bits per heavy atom. The van der Waals surface area contributed by atoms with Gasteiger partial charge in [-0.25, -0.2) is 4.52 Å². The predicted octanol–water partition coefficient (Wildman–Crippen LogP) is 6.84. The highest BCUT2D eigenvalue weighted by Gasteiger charge is 2.49. The third kappa shape index (κ3) is 7.28. The Balaban J connectivity index is 0.000000588. The third-order valence-electron chi connectivity index (χ3n) is 5.06. The lowest BCUT2D eigenvalue weighted by Gasteiger charge is -2.28. The van der Waals surface area contributed by atoms with Crippen LogP contribution < -0.4 is 15.9 Å².